The van der Waals surface area contributed by atoms with Crippen molar-refractivity contribution in [3.63, 3.8) is 0 Å². The molecule has 0 radical (unpaired) electrons. The number of benzene rings is 1. The molecular formula is C13H21N3O3S. The van der Waals surface area contributed by atoms with Crippen molar-refractivity contribution in [3.05, 3.63) is 24.3 Å². The predicted octanol–water partition coefficient (Wildman–Crippen LogP) is 1.34. The summed E-state index contributed by atoms with van der Waals surface area (Å²) in [5.74, 6) is -0.0856. The Bertz CT molecular complexity index is 536. The Hall–Kier alpha value is -1.60. The standard InChI is InChI=1S/C13H21N3O3S/c1-4-16(5-2)10-13(17)14-11-6-8-12(9-7-11)15-20(3,18)19/h6-9,15H,4-5,10H2,1-3H3,(H,14,17). The number of carbonyl (C=O) groups excluding carboxylic acids is 1. The molecule has 1 aromatic rings. The van der Waals surface area contributed by atoms with Crippen LogP contribution in [-0.4, -0.2) is 45.1 Å². The maximum Gasteiger partial charge on any atom is 0.238 e. The van der Waals surface area contributed by atoms with E-state index in [2.05, 4.69) is 10.0 Å². The van der Waals surface area contributed by atoms with Crippen molar-refractivity contribution in [3.8, 4) is 0 Å². The number of hydrogen-bond donors (Lipinski definition) is 2. The topological polar surface area (TPSA) is 78.5 Å². The summed E-state index contributed by atoms with van der Waals surface area (Å²) >= 11 is 0. The van der Waals surface area contributed by atoms with Crippen LogP contribution in [-0.2, 0) is 14.8 Å². The van der Waals surface area contributed by atoms with Crippen molar-refractivity contribution in [1.82, 2.24) is 4.90 Å². The summed E-state index contributed by atoms with van der Waals surface area (Å²) in [5, 5.41) is 2.77. The van der Waals surface area contributed by atoms with Gasteiger partial charge in [-0.2, -0.15) is 0 Å². The Labute approximate surface area is 120 Å². The summed E-state index contributed by atoms with van der Waals surface area (Å²) in [6.45, 7) is 5.99. The molecule has 1 amide bonds. The fraction of sp³-hybridized carbons (Fsp3) is 0.462. The highest BCUT2D eigenvalue weighted by Crippen LogP contribution is 2.14. The Balaban J connectivity index is 2.59. The number of nitrogens with zero attached hydrogens (tertiary/aromatic N) is 1. The van der Waals surface area contributed by atoms with E-state index < -0.39 is 10.0 Å². The van der Waals surface area contributed by atoms with Gasteiger partial charge in [0.15, 0.2) is 0 Å². The Morgan fingerprint density at radius 3 is 2.05 bits per heavy atom. The highest BCUT2D eigenvalue weighted by atomic mass is 32.2. The van der Waals surface area contributed by atoms with Crippen molar-refractivity contribution >= 4 is 27.3 Å². The van der Waals surface area contributed by atoms with Gasteiger partial charge in [0.25, 0.3) is 0 Å². The van der Waals surface area contributed by atoms with Gasteiger partial charge in [0.2, 0.25) is 15.9 Å². The average molecular weight is 299 g/mol. The van der Waals surface area contributed by atoms with Crippen molar-refractivity contribution in [2.75, 3.05) is 35.9 Å². The molecule has 2 N–H and O–H groups in total. The van der Waals surface area contributed by atoms with E-state index in [0.29, 0.717) is 17.9 Å². The van der Waals surface area contributed by atoms with Crippen LogP contribution in [0.25, 0.3) is 0 Å². The molecule has 0 aromatic heterocycles. The lowest BCUT2D eigenvalue weighted by molar-refractivity contribution is -0.117. The lowest BCUT2D eigenvalue weighted by atomic mass is 10.3. The molecule has 0 fully saturated rings. The van der Waals surface area contributed by atoms with Gasteiger partial charge in [-0.25, -0.2) is 8.42 Å². The van der Waals surface area contributed by atoms with Crippen molar-refractivity contribution < 1.29 is 13.2 Å². The van der Waals surface area contributed by atoms with E-state index in [9.17, 15) is 13.2 Å². The van der Waals surface area contributed by atoms with Gasteiger partial charge in [-0.15, -0.1) is 0 Å². The highest BCUT2D eigenvalue weighted by molar-refractivity contribution is 7.92. The number of nitrogens with one attached hydrogen (secondary N) is 2. The van der Waals surface area contributed by atoms with Gasteiger partial charge in [0, 0.05) is 11.4 Å². The Morgan fingerprint density at radius 2 is 1.60 bits per heavy atom. The molecule has 0 bridgehead atoms. The van der Waals surface area contributed by atoms with Crippen LogP contribution in [0.5, 0.6) is 0 Å². The van der Waals surface area contributed by atoms with E-state index in [4.69, 9.17) is 0 Å². The molecule has 0 aliphatic carbocycles. The second-order valence-electron chi connectivity index (χ2n) is 4.46. The number of likely N-dealkylation sites (N-methyl/N-ethyl adjacent to an activating group) is 1. The smallest absolute Gasteiger partial charge is 0.238 e. The molecule has 7 heteroatoms. The number of rotatable bonds is 7. The van der Waals surface area contributed by atoms with Gasteiger partial charge >= 0.3 is 0 Å². The quantitative estimate of drug-likeness (QED) is 0.796. The molecule has 0 unspecified atom stereocenters. The van der Waals surface area contributed by atoms with Crippen LogP contribution < -0.4 is 10.0 Å². The molecule has 0 atom stereocenters. The fourth-order valence-corrected chi connectivity index (χ4v) is 2.25. The second-order valence-corrected chi connectivity index (χ2v) is 6.21. The molecule has 1 rings (SSSR count). The van der Waals surface area contributed by atoms with Crippen LogP contribution in [0, 0.1) is 0 Å². The van der Waals surface area contributed by atoms with E-state index in [1.54, 1.807) is 24.3 Å². The second kappa shape index (κ2) is 7.25. The zero-order valence-corrected chi connectivity index (χ0v) is 12.8. The Morgan fingerprint density at radius 1 is 1.10 bits per heavy atom. The molecule has 0 spiro atoms. The SMILES string of the molecule is CCN(CC)CC(=O)Nc1ccc(NS(C)(=O)=O)cc1. The first-order chi connectivity index (χ1) is 9.34. The largest absolute Gasteiger partial charge is 0.325 e. The third-order valence-corrected chi connectivity index (χ3v) is 3.34. The van der Waals surface area contributed by atoms with E-state index in [0.717, 1.165) is 19.3 Å². The third-order valence-electron chi connectivity index (χ3n) is 2.73. The first-order valence-corrected chi connectivity index (χ1v) is 8.33. The van der Waals surface area contributed by atoms with Gasteiger partial charge in [0.05, 0.1) is 12.8 Å². The third kappa shape index (κ3) is 6.03. The molecule has 20 heavy (non-hydrogen) atoms. The first kappa shape index (κ1) is 16.5. The monoisotopic (exact) mass is 299 g/mol. The maximum absolute atomic E-state index is 11.8. The first-order valence-electron chi connectivity index (χ1n) is 6.44. The molecule has 1 aromatic carbocycles. The number of anilines is 2. The van der Waals surface area contributed by atoms with Crippen LogP contribution in [0.4, 0.5) is 11.4 Å². The van der Waals surface area contributed by atoms with Gasteiger partial charge < -0.3 is 5.32 Å². The zero-order chi connectivity index (χ0) is 15.2. The minimum Gasteiger partial charge on any atom is -0.325 e. The van der Waals surface area contributed by atoms with E-state index >= 15 is 0 Å². The molecule has 0 saturated carbocycles. The molecule has 0 saturated heterocycles. The highest BCUT2D eigenvalue weighted by Gasteiger charge is 2.07. The summed E-state index contributed by atoms with van der Waals surface area (Å²) in [5.41, 5.74) is 1.11. The minimum atomic E-state index is -3.28. The number of amides is 1. The van der Waals surface area contributed by atoms with Crippen molar-refractivity contribution in [2.24, 2.45) is 0 Å². The van der Waals surface area contributed by atoms with Gasteiger partial charge in [-0.1, -0.05) is 13.8 Å². The lowest BCUT2D eigenvalue weighted by Gasteiger charge is -2.17. The van der Waals surface area contributed by atoms with E-state index in [1.807, 2.05) is 18.7 Å². The Kier molecular flexibility index (Phi) is 5.97. The summed E-state index contributed by atoms with van der Waals surface area (Å²) < 4.78 is 24.5. The molecule has 6 nitrogen and oxygen atoms in total. The average Bonchev–Trinajstić information content (AvgIpc) is 2.36. The number of sulfonamides is 1. The molecule has 0 heterocycles. The normalized spacial score (nSPS) is 11.4. The number of carbonyl (C=O) groups is 1. The van der Waals surface area contributed by atoms with Crippen LogP contribution >= 0.6 is 0 Å². The van der Waals surface area contributed by atoms with Gasteiger partial charge in [0.1, 0.15) is 0 Å². The summed E-state index contributed by atoms with van der Waals surface area (Å²) in [6.07, 6.45) is 1.09. The van der Waals surface area contributed by atoms with Crippen LogP contribution in [0.2, 0.25) is 0 Å². The van der Waals surface area contributed by atoms with E-state index in [1.165, 1.54) is 0 Å². The van der Waals surface area contributed by atoms with Crippen LogP contribution in [0.1, 0.15) is 13.8 Å². The zero-order valence-electron chi connectivity index (χ0n) is 12.0. The summed E-state index contributed by atoms with van der Waals surface area (Å²) in [4.78, 5) is 13.8. The fourth-order valence-electron chi connectivity index (χ4n) is 1.69. The molecule has 0 aliphatic heterocycles. The molecular weight excluding hydrogens is 278 g/mol. The van der Waals surface area contributed by atoms with Gasteiger partial charge in [-0.05, 0) is 37.4 Å². The lowest BCUT2D eigenvalue weighted by Crippen LogP contribution is -2.32. The molecule has 112 valence electrons. The van der Waals surface area contributed by atoms with Crippen LogP contribution in [0.3, 0.4) is 0 Å². The van der Waals surface area contributed by atoms with Crippen LogP contribution in [0.15, 0.2) is 24.3 Å². The number of hydrogen-bond acceptors (Lipinski definition) is 4. The van der Waals surface area contributed by atoms with Crippen molar-refractivity contribution in [2.45, 2.75) is 13.8 Å². The summed E-state index contributed by atoms with van der Waals surface area (Å²) in [6, 6.07) is 6.53. The predicted molar refractivity (Wildman–Crippen MR) is 81.3 cm³/mol. The van der Waals surface area contributed by atoms with E-state index in [-0.39, 0.29) is 5.91 Å². The molecule has 0 aliphatic rings. The van der Waals surface area contributed by atoms with Crippen molar-refractivity contribution in [1.29, 1.82) is 0 Å². The minimum absolute atomic E-state index is 0.0856. The van der Waals surface area contributed by atoms with Gasteiger partial charge in [-0.3, -0.25) is 14.4 Å². The summed E-state index contributed by atoms with van der Waals surface area (Å²) in [7, 11) is -3.28. The maximum atomic E-state index is 11.8.